The highest BCUT2D eigenvalue weighted by atomic mass is 127. The number of amides is 2. The van der Waals surface area contributed by atoms with Crippen LogP contribution in [0.1, 0.15) is 44.7 Å². The molecule has 0 radical (unpaired) electrons. The number of nitrogens with one attached hydrogen (secondary N) is 1. The predicted molar refractivity (Wildman–Crippen MR) is 122 cm³/mol. The van der Waals surface area contributed by atoms with Crippen LogP contribution in [0.2, 0.25) is 0 Å². The first-order chi connectivity index (χ1) is 13.7. The monoisotopic (exact) mass is 504 g/mol. The van der Waals surface area contributed by atoms with Crippen LogP contribution in [0.15, 0.2) is 36.4 Å². The summed E-state index contributed by atoms with van der Waals surface area (Å²) in [5.74, 6) is -0.154. The van der Waals surface area contributed by atoms with Gasteiger partial charge in [0.2, 0.25) is 5.91 Å². The molecule has 0 spiro atoms. The third-order valence-electron chi connectivity index (χ3n) is 5.29. The highest BCUT2D eigenvalue weighted by Gasteiger charge is 2.36. The molecule has 1 saturated heterocycles. The average molecular weight is 504 g/mol. The van der Waals surface area contributed by atoms with Crippen LogP contribution in [0.25, 0.3) is 11.1 Å². The third-order valence-corrected chi connectivity index (χ3v) is 5.97. The highest BCUT2D eigenvalue weighted by Crippen LogP contribution is 2.38. The highest BCUT2D eigenvalue weighted by molar-refractivity contribution is 14.1. The average Bonchev–Trinajstić information content (AvgIpc) is 3.24. The number of likely N-dealkylation sites (tertiary alicyclic amines) is 1. The van der Waals surface area contributed by atoms with Gasteiger partial charge in [-0.15, -0.1) is 0 Å². The summed E-state index contributed by atoms with van der Waals surface area (Å²) < 4.78 is 6.69. The van der Waals surface area contributed by atoms with Crippen molar-refractivity contribution in [3.8, 4) is 11.1 Å². The Morgan fingerprint density at radius 2 is 1.79 bits per heavy atom. The molecule has 2 aromatic rings. The van der Waals surface area contributed by atoms with Gasteiger partial charge in [-0.3, -0.25) is 9.69 Å². The quantitative estimate of drug-likeness (QED) is 0.489. The summed E-state index contributed by atoms with van der Waals surface area (Å²) in [6.45, 7) is 6.05. The third kappa shape index (κ3) is 4.27. The van der Waals surface area contributed by atoms with E-state index in [9.17, 15) is 9.59 Å². The lowest BCUT2D eigenvalue weighted by molar-refractivity contribution is -0.120. The van der Waals surface area contributed by atoms with Crippen LogP contribution in [-0.4, -0.2) is 35.1 Å². The molecule has 5 nitrogen and oxygen atoms in total. The van der Waals surface area contributed by atoms with E-state index in [4.69, 9.17) is 4.74 Å². The van der Waals surface area contributed by atoms with Crippen LogP contribution in [0.3, 0.4) is 0 Å². The van der Waals surface area contributed by atoms with Gasteiger partial charge in [0.25, 0.3) is 0 Å². The Bertz CT molecular complexity index is 981. The van der Waals surface area contributed by atoms with Crippen LogP contribution in [0, 0.1) is 3.57 Å². The van der Waals surface area contributed by atoms with Crippen molar-refractivity contribution < 1.29 is 14.3 Å². The van der Waals surface area contributed by atoms with Crippen molar-refractivity contribution in [3.05, 3.63) is 51.1 Å². The van der Waals surface area contributed by atoms with Crippen molar-refractivity contribution in [1.29, 1.82) is 0 Å². The van der Waals surface area contributed by atoms with Crippen molar-refractivity contribution in [3.63, 3.8) is 0 Å². The number of hydrogen-bond acceptors (Lipinski definition) is 3. The van der Waals surface area contributed by atoms with Gasteiger partial charge < -0.3 is 10.1 Å². The number of hydrogen-bond donors (Lipinski definition) is 1. The molecule has 2 aromatic carbocycles. The number of rotatable bonds is 2. The normalized spacial score (nSPS) is 17.7. The van der Waals surface area contributed by atoms with Gasteiger partial charge in [-0.05, 0) is 109 Å². The summed E-state index contributed by atoms with van der Waals surface area (Å²) in [6, 6.07) is 12.1. The lowest BCUT2D eigenvalue weighted by Crippen LogP contribution is -2.45. The molecule has 0 unspecified atom stereocenters. The minimum atomic E-state index is -0.576. The van der Waals surface area contributed by atoms with E-state index in [1.165, 1.54) is 25.8 Å². The molecule has 2 aliphatic rings. The summed E-state index contributed by atoms with van der Waals surface area (Å²) in [5, 5.41) is 3.01. The standard InChI is InChI=1S/C23H25IN2O3/c1-23(2,3)29-22(28)26-10-4-5-20(26)21(27)25-17-7-9-19-15(13-17)11-14-12-16(24)6-8-18(14)19/h6-9,12-13,20H,4-5,10-11H2,1-3H3,(H,25,27)/t20-/m0/s1. The van der Waals surface area contributed by atoms with Crippen LogP contribution in [-0.2, 0) is 16.0 Å². The van der Waals surface area contributed by atoms with Gasteiger partial charge in [-0.1, -0.05) is 12.1 Å². The lowest BCUT2D eigenvalue weighted by Gasteiger charge is -2.28. The summed E-state index contributed by atoms with van der Waals surface area (Å²) in [7, 11) is 0. The Morgan fingerprint density at radius 1 is 1.10 bits per heavy atom. The SMILES string of the molecule is CC(C)(C)OC(=O)N1CCC[C@H]1C(=O)Nc1ccc2c(c1)Cc1cc(I)ccc1-2. The molecule has 2 amide bonds. The van der Waals surface area contributed by atoms with Crippen LogP contribution in [0.4, 0.5) is 10.5 Å². The number of fused-ring (bicyclic) bond motifs is 3. The second kappa shape index (κ2) is 7.63. The van der Waals surface area contributed by atoms with Crippen molar-refractivity contribution in [2.45, 2.75) is 51.7 Å². The van der Waals surface area contributed by atoms with E-state index in [-0.39, 0.29) is 5.91 Å². The topological polar surface area (TPSA) is 58.6 Å². The van der Waals surface area contributed by atoms with Gasteiger partial charge in [-0.2, -0.15) is 0 Å². The van der Waals surface area contributed by atoms with E-state index in [0.29, 0.717) is 13.0 Å². The van der Waals surface area contributed by atoms with Gasteiger partial charge in [0.05, 0.1) is 0 Å². The zero-order chi connectivity index (χ0) is 20.8. The van der Waals surface area contributed by atoms with Gasteiger partial charge in [0, 0.05) is 15.8 Å². The maximum absolute atomic E-state index is 12.9. The molecule has 1 aliphatic carbocycles. The molecule has 1 atom stereocenters. The van der Waals surface area contributed by atoms with Crippen molar-refractivity contribution >= 4 is 40.3 Å². The Hall–Kier alpha value is -2.09. The van der Waals surface area contributed by atoms with E-state index >= 15 is 0 Å². The van der Waals surface area contributed by atoms with E-state index in [0.717, 1.165) is 18.5 Å². The number of ether oxygens (including phenoxy) is 1. The first-order valence-corrected chi connectivity index (χ1v) is 11.0. The molecule has 1 heterocycles. The molecule has 4 rings (SSSR count). The molecule has 152 valence electrons. The first kappa shape index (κ1) is 20.2. The van der Waals surface area contributed by atoms with Crippen molar-refractivity contribution in [2.24, 2.45) is 0 Å². The molecule has 0 bridgehead atoms. The summed E-state index contributed by atoms with van der Waals surface area (Å²) >= 11 is 2.33. The molecule has 1 fully saturated rings. The fraction of sp³-hybridized carbons (Fsp3) is 0.391. The number of carbonyl (C=O) groups excluding carboxylic acids is 2. The maximum atomic E-state index is 12.9. The molecule has 0 saturated carbocycles. The molecule has 0 aromatic heterocycles. The lowest BCUT2D eigenvalue weighted by atomic mass is 10.1. The maximum Gasteiger partial charge on any atom is 0.410 e. The smallest absolute Gasteiger partial charge is 0.410 e. The van der Waals surface area contributed by atoms with Crippen molar-refractivity contribution in [2.75, 3.05) is 11.9 Å². The Balaban J connectivity index is 1.47. The fourth-order valence-corrected chi connectivity index (χ4v) is 4.62. The molecule has 29 heavy (non-hydrogen) atoms. The van der Waals surface area contributed by atoms with Gasteiger partial charge in [0.15, 0.2) is 0 Å². The predicted octanol–water partition coefficient (Wildman–Crippen LogP) is 5.20. The van der Waals surface area contributed by atoms with Crippen LogP contribution < -0.4 is 5.32 Å². The largest absolute Gasteiger partial charge is 0.444 e. The van der Waals surface area contributed by atoms with E-state index < -0.39 is 17.7 Å². The summed E-state index contributed by atoms with van der Waals surface area (Å²) in [6.07, 6.45) is 1.91. The fourth-order valence-electron chi connectivity index (χ4n) is 4.06. The summed E-state index contributed by atoms with van der Waals surface area (Å²) in [5.41, 5.74) is 5.23. The molecule has 1 aliphatic heterocycles. The van der Waals surface area contributed by atoms with E-state index in [1.54, 1.807) is 4.90 Å². The van der Waals surface area contributed by atoms with E-state index in [1.807, 2.05) is 32.9 Å². The van der Waals surface area contributed by atoms with Crippen LogP contribution >= 0.6 is 22.6 Å². The van der Waals surface area contributed by atoms with E-state index in [2.05, 4.69) is 52.2 Å². The zero-order valence-corrected chi connectivity index (χ0v) is 19.1. The van der Waals surface area contributed by atoms with Crippen molar-refractivity contribution in [1.82, 2.24) is 4.90 Å². The van der Waals surface area contributed by atoms with Crippen LogP contribution in [0.5, 0.6) is 0 Å². The second-order valence-electron chi connectivity index (χ2n) is 8.67. The first-order valence-electron chi connectivity index (χ1n) is 9.93. The number of carbonyl (C=O) groups is 2. The number of anilines is 1. The zero-order valence-electron chi connectivity index (χ0n) is 16.9. The van der Waals surface area contributed by atoms with Gasteiger partial charge in [0.1, 0.15) is 11.6 Å². The number of halogens is 1. The second-order valence-corrected chi connectivity index (χ2v) is 9.92. The minimum absolute atomic E-state index is 0.154. The summed E-state index contributed by atoms with van der Waals surface area (Å²) in [4.78, 5) is 26.9. The van der Waals surface area contributed by atoms with Gasteiger partial charge in [-0.25, -0.2) is 4.79 Å². The molecular weight excluding hydrogens is 479 g/mol. The van der Waals surface area contributed by atoms with Gasteiger partial charge >= 0.3 is 6.09 Å². The molecule has 1 N–H and O–H groups in total. The molecular formula is C23H25IN2O3. The Kier molecular flexibility index (Phi) is 5.31. The Morgan fingerprint density at radius 3 is 2.52 bits per heavy atom. The Labute approximate surface area is 184 Å². The molecule has 6 heteroatoms. The number of nitrogens with zero attached hydrogens (tertiary/aromatic N) is 1. The number of benzene rings is 2. The minimum Gasteiger partial charge on any atom is -0.444 e.